The van der Waals surface area contributed by atoms with Crippen molar-refractivity contribution in [1.82, 2.24) is 9.80 Å². The lowest BCUT2D eigenvalue weighted by atomic mass is 9.66. The van der Waals surface area contributed by atoms with Crippen LogP contribution >= 0.6 is 0 Å². The number of ether oxygens (including phenoxy) is 2. The molecule has 29 heavy (non-hydrogen) atoms. The minimum Gasteiger partial charge on any atom is -0.454 e. The molecule has 0 radical (unpaired) electrons. The van der Waals surface area contributed by atoms with Gasteiger partial charge in [-0.1, -0.05) is 30.3 Å². The minimum atomic E-state index is -0.0643. The molecule has 4 fully saturated rings. The van der Waals surface area contributed by atoms with Crippen LogP contribution in [0, 0.1) is 5.92 Å². The van der Waals surface area contributed by atoms with E-state index in [1.165, 1.54) is 11.3 Å². The van der Waals surface area contributed by atoms with E-state index in [-0.39, 0.29) is 12.2 Å². The monoisotopic (exact) mass is 388 g/mol. The van der Waals surface area contributed by atoms with E-state index in [9.17, 15) is 0 Å². The SMILES string of the molecule is C(=NN=C1C2CN3CCN(C2)CC1(c1ccccc1)C3)c1ccc2c(c1)OCO2. The molecule has 0 aromatic heterocycles. The van der Waals surface area contributed by atoms with Gasteiger partial charge in [0.05, 0.1) is 17.3 Å². The van der Waals surface area contributed by atoms with Gasteiger partial charge in [-0.3, -0.25) is 0 Å². The van der Waals surface area contributed by atoms with Crippen LogP contribution in [0.3, 0.4) is 0 Å². The Morgan fingerprint density at radius 1 is 0.931 bits per heavy atom. The Balaban J connectivity index is 1.37. The number of benzene rings is 2. The third-order valence-electron chi connectivity index (χ3n) is 6.65. The molecule has 148 valence electrons. The first kappa shape index (κ1) is 17.2. The van der Waals surface area contributed by atoms with Crippen LogP contribution in [-0.4, -0.2) is 67.8 Å². The average Bonchev–Trinajstić information content (AvgIpc) is 3.08. The summed E-state index contributed by atoms with van der Waals surface area (Å²) in [6.45, 7) is 6.82. The van der Waals surface area contributed by atoms with Crippen molar-refractivity contribution >= 4 is 11.9 Å². The van der Waals surface area contributed by atoms with Gasteiger partial charge in [-0.2, -0.15) is 10.2 Å². The summed E-state index contributed by atoms with van der Waals surface area (Å²) < 4.78 is 10.9. The summed E-state index contributed by atoms with van der Waals surface area (Å²) in [5, 5.41) is 9.41. The zero-order valence-corrected chi connectivity index (χ0v) is 16.3. The summed E-state index contributed by atoms with van der Waals surface area (Å²) >= 11 is 0. The van der Waals surface area contributed by atoms with Gasteiger partial charge in [-0.15, -0.1) is 0 Å². The van der Waals surface area contributed by atoms with Gasteiger partial charge in [0, 0.05) is 45.2 Å². The van der Waals surface area contributed by atoms with Gasteiger partial charge < -0.3 is 19.3 Å². The fourth-order valence-electron chi connectivity index (χ4n) is 5.39. The maximum Gasteiger partial charge on any atom is 0.231 e. The van der Waals surface area contributed by atoms with E-state index >= 15 is 0 Å². The van der Waals surface area contributed by atoms with Crippen molar-refractivity contribution in [2.75, 3.05) is 46.1 Å². The highest BCUT2D eigenvalue weighted by Crippen LogP contribution is 2.41. The summed E-state index contributed by atoms with van der Waals surface area (Å²) in [5.41, 5.74) is 3.51. The van der Waals surface area contributed by atoms with E-state index < -0.39 is 0 Å². The summed E-state index contributed by atoms with van der Waals surface area (Å²) in [4.78, 5) is 5.23. The lowest BCUT2D eigenvalue weighted by Gasteiger charge is -2.50. The fraction of sp³-hybridized carbons (Fsp3) is 0.391. The highest BCUT2D eigenvalue weighted by Gasteiger charge is 2.53. The Kier molecular flexibility index (Phi) is 3.96. The first-order chi connectivity index (χ1) is 14.3. The van der Waals surface area contributed by atoms with Crippen molar-refractivity contribution in [3.63, 3.8) is 0 Å². The van der Waals surface area contributed by atoms with Crippen LogP contribution in [0.4, 0.5) is 0 Å². The molecule has 2 unspecified atom stereocenters. The quantitative estimate of drug-likeness (QED) is 0.599. The normalized spacial score (nSPS) is 33.5. The molecule has 0 aliphatic carbocycles. The molecule has 5 aliphatic rings. The first-order valence-corrected chi connectivity index (χ1v) is 10.3. The summed E-state index contributed by atoms with van der Waals surface area (Å²) in [7, 11) is 0. The Hall–Kier alpha value is -2.70. The molecule has 6 nitrogen and oxygen atoms in total. The van der Waals surface area contributed by atoms with Crippen LogP contribution in [0.5, 0.6) is 11.5 Å². The van der Waals surface area contributed by atoms with Crippen molar-refractivity contribution in [2.45, 2.75) is 5.41 Å². The van der Waals surface area contributed by atoms with Crippen molar-refractivity contribution in [3.8, 4) is 11.5 Å². The molecule has 0 amide bonds. The fourth-order valence-corrected chi connectivity index (χ4v) is 5.39. The van der Waals surface area contributed by atoms with E-state index in [4.69, 9.17) is 14.6 Å². The van der Waals surface area contributed by atoms with E-state index in [1.54, 1.807) is 0 Å². The molecule has 4 saturated heterocycles. The molecule has 2 aromatic rings. The number of fused-ring (bicyclic) bond motifs is 2. The summed E-state index contributed by atoms with van der Waals surface area (Å²) in [6, 6.07) is 16.8. The van der Waals surface area contributed by atoms with Crippen molar-refractivity contribution < 1.29 is 9.47 Å². The molecule has 0 spiro atoms. The van der Waals surface area contributed by atoms with Crippen LogP contribution in [-0.2, 0) is 5.41 Å². The van der Waals surface area contributed by atoms with Gasteiger partial charge in [0.1, 0.15) is 0 Å². The molecule has 5 heterocycles. The van der Waals surface area contributed by atoms with Crippen LogP contribution < -0.4 is 9.47 Å². The predicted molar refractivity (Wildman–Crippen MR) is 112 cm³/mol. The summed E-state index contributed by atoms with van der Waals surface area (Å²) in [5.74, 6) is 2.00. The molecule has 5 aliphatic heterocycles. The lowest BCUT2D eigenvalue weighted by Crippen LogP contribution is -2.63. The van der Waals surface area contributed by atoms with Crippen LogP contribution in [0.15, 0.2) is 58.7 Å². The smallest absolute Gasteiger partial charge is 0.231 e. The largest absolute Gasteiger partial charge is 0.454 e. The Labute approximate surface area is 170 Å². The van der Waals surface area contributed by atoms with Gasteiger partial charge in [0.2, 0.25) is 6.79 Å². The molecule has 0 N–H and O–H groups in total. The lowest BCUT2D eigenvalue weighted by molar-refractivity contribution is 0.164. The molecule has 6 heteroatoms. The second kappa shape index (κ2) is 6.68. The zero-order valence-electron chi connectivity index (χ0n) is 16.3. The van der Waals surface area contributed by atoms with E-state index in [0.29, 0.717) is 5.92 Å². The van der Waals surface area contributed by atoms with E-state index in [2.05, 4.69) is 45.2 Å². The van der Waals surface area contributed by atoms with Gasteiger partial charge in [0.25, 0.3) is 0 Å². The Morgan fingerprint density at radius 2 is 1.69 bits per heavy atom. The number of hydrogen-bond donors (Lipinski definition) is 0. The second-order valence-electron chi connectivity index (χ2n) is 8.46. The molecule has 0 saturated carbocycles. The molecule has 7 rings (SSSR count). The second-order valence-corrected chi connectivity index (χ2v) is 8.46. The van der Waals surface area contributed by atoms with Crippen LogP contribution in [0.25, 0.3) is 0 Å². The predicted octanol–water partition coefficient (Wildman–Crippen LogP) is 2.39. The standard InChI is InChI=1S/C23H24N4O2/c1-2-4-19(5-3-1)23-14-26-8-9-27(15-23)13-18(12-26)22(23)25-24-11-17-6-7-20-21(10-17)29-16-28-20/h1-7,10-11,18H,8-9,12-16H2. The van der Waals surface area contributed by atoms with Crippen LogP contribution in [0.2, 0.25) is 0 Å². The van der Waals surface area contributed by atoms with Gasteiger partial charge in [0.15, 0.2) is 11.5 Å². The highest BCUT2D eigenvalue weighted by molar-refractivity contribution is 5.99. The van der Waals surface area contributed by atoms with E-state index in [1.807, 2.05) is 24.4 Å². The summed E-state index contributed by atoms with van der Waals surface area (Å²) in [6.07, 6.45) is 1.83. The number of nitrogens with zero attached hydrogens (tertiary/aromatic N) is 4. The number of hydrogen-bond acceptors (Lipinski definition) is 6. The first-order valence-electron chi connectivity index (χ1n) is 10.3. The molecule has 2 atom stereocenters. The minimum absolute atomic E-state index is 0.0643. The maximum atomic E-state index is 5.47. The van der Waals surface area contributed by atoms with Crippen molar-refractivity contribution in [2.24, 2.45) is 16.1 Å². The average molecular weight is 388 g/mol. The highest BCUT2D eigenvalue weighted by atomic mass is 16.7. The number of rotatable bonds is 3. The molecular weight excluding hydrogens is 364 g/mol. The molecule has 4 bridgehead atoms. The Morgan fingerprint density at radius 3 is 2.48 bits per heavy atom. The van der Waals surface area contributed by atoms with E-state index in [0.717, 1.165) is 56.3 Å². The van der Waals surface area contributed by atoms with Gasteiger partial charge in [-0.05, 0) is 29.3 Å². The van der Waals surface area contributed by atoms with Gasteiger partial charge >= 0.3 is 0 Å². The third-order valence-corrected chi connectivity index (χ3v) is 6.65. The zero-order chi connectivity index (χ0) is 19.3. The van der Waals surface area contributed by atoms with Gasteiger partial charge in [-0.25, -0.2) is 0 Å². The molecule has 2 aromatic carbocycles. The van der Waals surface area contributed by atoms with Crippen molar-refractivity contribution in [3.05, 3.63) is 59.7 Å². The third kappa shape index (κ3) is 2.86. The molecular formula is C23H24N4O2. The Bertz CT molecular complexity index is 972. The number of piperidine rings is 2. The topological polar surface area (TPSA) is 49.7 Å². The van der Waals surface area contributed by atoms with Crippen LogP contribution in [0.1, 0.15) is 11.1 Å². The maximum absolute atomic E-state index is 5.47. The van der Waals surface area contributed by atoms with Crippen molar-refractivity contribution in [1.29, 1.82) is 0 Å².